The van der Waals surface area contributed by atoms with Crippen LogP contribution < -0.4 is 27.4 Å². The number of pyridine rings is 1. The molecule has 0 fully saturated rings. The van der Waals surface area contributed by atoms with Gasteiger partial charge >= 0.3 is 18.2 Å². The molecule has 3 rings (SSSR count). The summed E-state index contributed by atoms with van der Waals surface area (Å²) in [5, 5.41) is 8.39. The number of rotatable bonds is 11. The van der Waals surface area contributed by atoms with E-state index in [1.165, 1.54) is 41.4 Å². The fourth-order valence-corrected chi connectivity index (χ4v) is 4.81. The van der Waals surface area contributed by atoms with Crippen molar-refractivity contribution in [1.82, 2.24) is 20.5 Å². The molecule has 0 aliphatic carbocycles. The van der Waals surface area contributed by atoms with Crippen LogP contribution in [0.2, 0.25) is 5.02 Å². The zero-order valence-electron chi connectivity index (χ0n) is 23.9. The van der Waals surface area contributed by atoms with E-state index in [0.717, 1.165) is 0 Å². The number of nitrogens with zero attached hydrogens (tertiary/aromatic N) is 3. The number of ether oxygens (including phenoxy) is 1. The molecule has 3 aromatic rings. The molecule has 2 aromatic carbocycles. The number of primary amides is 1. The molecule has 7 N–H and O–H groups in total. The lowest BCUT2D eigenvalue weighted by atomic mass is 9.90. The predicted molar refractivity (Wildman–Crippen MR) is 168 cm³/mol. The van der Waals surface area contributed by atoms with Crippen molar-refractivity contribution in [3.8, 4) is 0 Å². The maximum atomic E-state index is 13.8. The van der Waals surface area contributed by atoms with Crippen LogP contribution in [0, 0.1) is 11.6 Å². The van der Waals surface area contributed by atoms with Crippen LogP contribution in [0.1, 0.15) is 25.3 Å². The van der Waals surface area contributed by atoms with Crippen molar-refractivity contribution >= 4 is 64.9 Å². The van der Waals surface area contributed by atoms with Crippen molar-refractivity contribution in [1.29, 1.82) is 0 Å². The lowest BCUT2D eigenvalue weighted by Gasteiger charge is -2.43. The number of fused-ring (bicyclic) bond motifs is 1. The fourth-order valence-electron chi connectivity index (χ4n) is 4.24. The molecule has 0 saturated carbocycles. The maximum Gasteiger partial charge on any atom is 0.412 e. The SMILES string of the molecule is CN(C(=O)NCc1cccc(F)c1Cl)[C@](C)(CCCN/C(N)=N/C(N)=O)C(S)COC(=O)Nc1cc2cc(F)ccc2cn1. The molecule has 236 valence electrons. The van der Waals surface area contributed by atoms with Crippen molar-refractivity contribution in [2.24, 2.45) is 16.5 Å². The summed E-state index contributed by atoms with van der Waals surface area (Å²) in [6.07, 6.45) is 1.40. The van der Waals surface area contributed by atoms with Crippen molar-refractivity contribution in [3.05, 3.63) is 70.9 Å². The molecule has 0 aliphatic heterocycles. The average molecular weight is 651 g/mol. The van der Waals surface area contributed by atoms with Gasteiger partial charge in [-0.3, -0.25) is 5.32 Å². The zero-order chi connectivity index (χ0) is 32.4. The normalized spacial score (nSPS) is 13.5. The number of carbonyl (C=O) groups excluding carboxylic acids is 3. The van der Waals surface area contributed by atoms with Gasteiger partial charge in [0.15, 0.2) is 5.96 Å². The number of amides is 5. The van der Waals surface area contributed by atoms with Gasteiger partial charge in [-0.1, -0.05) is 23.7 Å². The van der Waals surface area contributed by atoms with Crippen LogP contribution in [0.25, 0.3) is 10.8 Å². The number of carbonyl (C=O) groups is 3. The largest absolute Gasteiger partial charge is 0.448 e. The number of nitrogens with one attached hydrogen (secondary N) is 3. The zero-order valence-corrected chi connectivity index (χ0v) is 25.6. The Morgan fingerprint density at radius 2 is 1.91 bits per heavy atom. The molecule has 1 heterocycles. The minimum Gasteiger partial charge on any atom is -0.448 e. The summed E-state index contributed by atoms with van der Waals surface area (Å²) in [6, 6.07) is 8.50. The average Bonchev–Trinajstić information content (AvgIpc) is 2.97. The second-order valence-corrected chi connectivity index (χ2v) is 11.0. The number of benzene rings is 2. The van der Waals surface area contributed by atoms with Gasteiger partial charge in [0.2, 0.25) is 0 Å². The number of urea groups is 2. The number of anilines is 1. The van der Waals surface area contributed by atoms with E-state index in [0.29, 0.717) is 29.2 Å². The summed E-state index contributed by atoms with van der Waals surface area (Å²) in [6.45, 7) is 1.75. The number of halogens is 3. The van der Waals surface area contributed by atoms with Crippen LogP contribution in [0.5, 0.6) is 0 Å². The number of thiol groups is 1. The molecule has 12 nitrogen and oxygen atoms in total. The van der Waals surface area contributed by atoms with E-state index in [4.69, 9.17) is 27.8 Å². The number of hydrogen-bond donors (Lipinski definition) is 6. The van der Waals surface area contributed by atoms with Gasteiger partial charge in [0.25, 0.3) is 0 Å². The molecular weight excluding hydrogens is 618 g/mol. The standard InChI is InChI=1S/C28H33ClF2N8O4S/c1-28(9-4-10-34-24(32)38-25(33)40,39(2)26(41)36-14-17-5-3-6-20(31)23(17)29)21(44)15-43-27(42)37-22-12-18-11-19(30)8-7-16(18)13-35-22/h3,5-8,11-13,21,44H,4,9-10,14-15H2,1-2H3,(H,36,41)(H,35,37,42)(H5,32,33,34,38,40)/t21?,28-/m1/s1. The highest BCUT2D eigenvalue weighted by Crippen LogP contribution is 2.29. The highest BCUT2D eigenvalue weighted by molar-refractivity contribution is 7.81. The van der Waals surface area contributed by atoms with Crippen molar-refractivity contribution in [2.45, 2.75) is 37.1 Å². The Morgan fingerprint density at radius 3 is 2.64 bits per heavy atom. The molecule has 1 unspecified atom stereocenters. The van der Waals surface area contributed by atoms with Gasteiger partial charge in [-0.05, 0) is 61.0 Å². The van der Waals surface area contributed by atoms with Gasteiger partial charge in [0.05, 0.1) is 15.8 Å². The second kappa shape index (κ2) is 15.4. The van der Waals surface area contributed by atoms with Crippen LogP contribution in [0.4, 0.5) is 29.0 Å². The summed E-state index contributed by atoms with van der Waals surface area (Å²) in [4.78, 5) is 45.7. The third kappa shape index (κ3) is 9.31. The van der Waals surface area contributed by atoms with E-state index in [2.05, 4.69) is 38.6 Å². The number of aromatic nitrogens is 1. The highest BCUT2D eigenvalue weighted by atomic mass is 35.5. The van der Waals surface area contributed by atoms with Crippen LogP contribution in [0.15, 0.2) is 53.7 Å². The first-order chi connectivity index (χ1) is 20.8. The monoisotopic (exact) mass is 650 g/mol. The Bertz CT molecular complexity index is 1550. The molecule has 16 heteroatoms. The summed E-state index contributed by atoms with van der Waals surface area (Å²) < 4.78 is 32.9. The van der Waals surface area contributed by atoms with E-state index in [1.54, 1.807) is 26.1 Å². The van der Waals surface area contributed by atoms with Crippen molar-refractivity contribution in [3.63, 3.8) is 0 Å². The predicted octanol–water partition coefficient (Wildman–Crippen LogP) is 4.38. The van der Waals surface area contributed by atoms with Crippen LogP contribution >= 0.6 is 24.2 Å². The van der Waals surface area contributed by atoms with E-state index >= 15 is 0 Å². The van der Waals surface area contributed by atoms with Gasteiger partial charge in [-0.2, -0.15) is 17.6 Å². The summed E-state index contributed by atoms with van der Waals surface area (Å²) >= 11 is 10.7. The lowest BCUT2D eigenvalue weighted by molar-refractivity contribution is 0.103. The van der Waals surface area contributed by atoms with Crippen LogP contribution in [-0.4, -0.2) is 65.0 Å². The first-order valence-electron chi connectivity index (χ1n) is 13.3. The van der Waals surface area contributed by atoms with E-state index in [1.807, 2.05) is 0 Å². The summed E-state index contributed by atoms with van der Waals surface area (Å²) in [5.74, 6) is -1.05. The molecule has 0 spiro atoms. The second-order valence-electron chi connectivity index (χ2n) is 9.95. The first-order valence-corrected chi connectivity index (χ1v) is 14.2. The Morgan fingerprint density at radius 1 is 1.16 bits per heavy atom. The third-order valence-corrected chi connectivity index (χ3v) is 8.06. The smallest absolute Gasteiger partial charge is 0.412 e. The van der Waals surface area contributed by atoms with Crippen molar-refractivity contribution in [2.75, 3.05) is 25.5 Å². The fraction of sp³-hybridized carbons (Fsp3) is 0.321. The Labute approximate surface area is 263 Å². The summed E-state index contributed by atoms with van der Waals surface area (Å²) in [7, 11) is 1.54. The Hall–Kier alpha value is -4.37. The molecule has 0 saturated heterocycles. The van der Waals surface area contributed by atoms with Gasteiger partial charge in [0, 0.05) is 31.7 Å². The van der Waals surface area contributed by atoms with E-state index in [9.17, 15) is 23.2 Å². The molecular formula is C28H33ClF2N8O4S. The Kier molecular flexibility index (Phi) is 11.9. The maximum absolute atomic E-state index is 13.8. The number of hydrogen-bond acceptors (Lipinski definition) is 6. The van der Waals surface area contributed by atoms with Gasteiger partial charge < -0.3 is 31.7 Å². The minimum atomic E-state index is -1.02. The summed E-state index contributed by atoms with van der Waals surface area (Å²) in [5.41, 5.74) is 9.98. The molecule has 1 aromatic heterocycles. The number of aliphatic imine (C=N–C) groups is 1. The first kappa shape index (κ1) is 34.1. The third-order valence-electron chi connectivity index (χ3n) is 6.93. The van der Waals surface area contributed by atoms with Gasteiger partial charge in [-0.25, -0.2) is 28.1 Å². The molecule has 0 bridgehead atoms. The number of nitrogens with two attached hydrogens (primary N) is 2. The molecule has 5 amide bonds. The lowest BCUT2D eigenvalue weighted by Crippen LogP contribution is -2.57. The van der Waals surface area contributed by atoms with Crippen LogP contribution in [0.3, 0.4) is 0 Å². The van der Waals surface area contributed by atoms with Crippen LogP contribution in [-0.2, 0) is 11.3 Å². The quantitative estimate of drug-likeness (QED) is 0.0772. The van der Waals surface area contributed by atoms with E-state index < -0.39 is 40.6 Å². The minimum absolute atomic E-state index is 0.0453. The molecule has 0 aliphatic rings. The van der Waals surface area contributed by atoms with Gasteiger partial charge in [0.1, 0.15) is 24.1 Å². The molecule has 0 radical (unpaired) electrons. The topological polar surface area (TPSA) is 177 Å². The Balaban J connectivity index is 1.68. The highest BCUT2D eigenvalue weighted by Gasteiger charge is 2.39. The molecule has 44 heavy (non-hydrogen) atoms. The van der Waals surface area contributed by atoms with Gasteiger partial charge in [-0.15, -0.1) is 0 Å². The number of guanidine groups is 1. The van der Waals surface area contributed by atoms with E-state index in [-0.39, 0.29) is 36.5 Å². The van der Waals surface area contributed by atoms with Crippen molar-refractivity contribution < 1.29 is 27.9 Å². The molecule has 2 atom stereocenters.